The molecule has 0 unspecified atom stereocenters. The van der Waals surface area contributed by atoms with Crippen LogP contribution in [0.25, 0.3) is 11.4 Å². The number of hydrogen-bond acceptors (Lipinski definition) is 4. The predicted octanol–water partition coefficient (Wildman–Crippen LogP) is 3.18. The molecule has 3 aromatic rings. The van der Waals surface area contributed by atoms with Gasteiger partial charge in [-0.2, -0.15) is 4.80 Å². The van der Waals surface area contributed by atoms with E-state index in [0.717, 1.165) is 5.56 Å². The van der Waals surface area contributed by atoms with Crippen LogP contribution in [0.3, 0.4) is 0 Å². The topological polar surface area (TPSA) is 63.9 Å². The van der Waals surface area contributed by atoms with E-state index in [4.69, 9.17) is 11.6 Å². The molecule has 3 rings (SSSR count). The summed E-state index contributed by atoms with van der Waals surface area (Å²) in [4.78, 5) is 15.4. The SMILES string of the molecule is CCN(Cc1cccc(F)c1)C(=O)Cn1nnc(-c2ccccc2Cl)n1. The Hall–Kier alpha value is -2.80. The molecule has 0 radical (unpaired) electrons. The zero-order chi connectivity index (χ0) is 18.5. The Morgan fingerprint density at radius 2 is 2.04 bits per heavy atom. The monoisotopic (exact) mass is 373 g/mol. The maximum atomic E-state index is 13.3. The van der Waals surface area contributed by atoms with Crippen LogP contribution in [0.15, 0.2) is 48.5 Å². The third-order valence-electron chi connectivity index (χ3n) is 3.84. The Morgan fingerprint density at radius 3 is 2.77 bits per heavy atom. The van der Waals surface area contributed by atoms with Crippen molar-refractivity contribution >= 4 is 17.5 Å². The highest BCUT2D eigenvalue weighted by molar-refractivity contribution is 6.33. The van der Waals surface area contributed by atoms with Gasteiger partial charge in [-0.25, -0.2) is 4.39 Å². The number of aromatic nitrogens is 4. The summed E-state index contributed by atoms with van der Waals surface area (Å²) in [6, 6.07) is 13.3. The van der Waals surface area contributed by atoms with Crippen LogP contribution in [0.2, 0.25) is 5.02 Å². The molecule has 8 heteroatoms. The van der Waals surface area contributed by atoms with E-state index in [9.17, 15) is 9.18 Å². The summed E-state index contributed by atoms with van der Waals surface area (Å²) in [5.74, 6) is -0.148. The third kappa shape index (κ3) is 4.23. The molecule has 1 amide bonds. The Kier molecular flexibility index (Phi) is 5.58. The Balaban J connectivity index is 1.70. The number of benzene rings is 2. The average Bonchev–Trinajstić information content (AvgIpc) is 3.08. The zero-order valence-electron chi connectivity index (χ0n) is 14.1. The fraction of sp³-hybridized carbons (Fsp3) is 0.222. The number of likely N-dealkylation sites (N-methyl/N-ethyl adjacent to an activating group) is 1. The lowest BCUT2D eigenvalue weighted by molar-refractivity contribution is -0.132. The van der Waals surface area contributed by atoms with Gasteiger partial charge in [0.05, 0.1) is 5.02 Å². The van der Waals surface area contributed by atoms with Gasteiger partial charge in [0.25, 0.3) is 0 Å². The molecule has 6 nitrogen and oxygen atoms in total. The Bertz CT molecular complexity index is 914. The van der Waals surface area contributed by atoms with E-state index in [-0.39, 0.29) is 18.3 Å². The van der Waals surface area contributed by atoms with Gasteiger partial charge in [-0.05, 0) is 42.0 Å². The van der Waals surface area contributed by atoms with Crippen molar-refractivity contribution in [1.29, 1.82) is 0 Å². The van der Waals surface area contributed by atoms with Crippen LogP contribution < -0.4 is 0 Å². The molecule has 0 fully saturated rings. The first-order chi connectivity index (χ1) is 12.6. The van der Waals surface area contributed by atoms with Crippen molar-refractivity contribution in [3.05, 3.63) is 64.9 Å². The van der Waals surface area contributed by atoms with E-state index in [1.165, 1.54) is 16.9 Å². The maximum Gasteiger partial charge on any atom is 0.246 e. The minimum atomic E-state index is -0.326. The lowest BCUT2D eigenvalue weighted by atomic mass is 10.2. The summed E-state index contributed by atoms with van der Waals surface area (Å²) in [5.41, 5.74) is 1.38. The lowest BCUT2D eigenvalue weighted by Gasteiger charge is -2.20. The second-order valence-corrected chi connectivity index (χ2v) is 6.07. The van der Waals surface area contributed by atoms with E-state index in [1.54, 1.807) is 29.2 Å². The third-order valence-corrected chi connectivity index (χ3v) is 4.17. The van der Waals surface area contributed by atoms with Crippen molar-refractivity contribution in [2.75, 3.05) is 6.54 Å². The summed E-state index contributed by atoms with van der Waals surface area (Å²) in [6.07, 6.45) is 0. The Morgan fingerprint density at radius 1 is 1.23 bits per heavy atom. The van der Waals surface area contributed by atoms with Gasteiger partial charge in [0.15, 0.2) is 0 Å². The van der Waals surface area contributed by atoms with E-state index >= 15 is 0 Å². The van der Waals surface area contributed by atoms with Crippen molar-refractivity contribution in [2.45, 2.75) is 20.0 Å². The fourth-order valence-electron chi connectivity index (χ4n) is 2.51. The minimum absolute atomic E-state index is 0.0550. The lowest BCUT2D eigenvalue weighted by Crippen LogP contribution is -2.33. The van der Waals surface area contributed by atoms with Crippen molar-refractivity contribution in [3.8, 4) is 11.4 Å². The molecule has 0 bridgehead atoms. The van der Waals surface area contributed by atoms with Gasteiger partial charge >= 0.3 is 0 Å². The molecular weight excluding hydrogens is 357 g/mol. The van der Waals surface area contributed by atoms with E-state index in [2.05, 4.69) is 15.4 Å². The normalized spacial score (nSPS) is 10.7. The smallest absolute Gasteiger partial charge is 0.246 e. The zero-order valence-corrected chi connectivity index (χ0v) is 14.9. The van der Waals surface area contributed by atoms with Crippen molar-refractivity contribution in [2.24, 2.45) is 0 Å². The van der Waals surface area contributed by atoms with Gasteiger partial charge in [0, 0.05) is 18.7 Å². The van der Waals surface area contributed by atoms with Crippen molar-refractivity contribution < 1.29 is 9.18 Å². The van der Waals surface area contributed by atoms with Crippen LogP contribution in [0.4, 0.5) is 4.39 Å². The summed E-state index contributed by atoms with van der Waals surface area (Å²) in [7, 11) is 0. The Labute approximate surface area is 155 Å². The number of carbonyl (C=O) groups is 1. The predicted molar refractivity (Wildman–Crippen MR) is 95.8 cm³/mol. The first kappa shape index (κ1) is 18.0. The first-order valence-electron chi connectivity index (χ1n) is 8.11. The molecule has 0 aliphatic rings. The molecule has 0 N–H and O–H groups in total. The van der Waals surface area contributed by atoms with Crippen LogP contribution in [0.1, 0.15) is 12.5 Å². The number of rotatable bonds is 6. The molecule has 0 aliphatic heterocycles. The van der Waals surface area contributed by atoms with Crippen LogP contribution in [0.5, 0.6) is 0 Å². The summed E-state index contributed by atoms with van der Waals surface area (Å²) < 4.78 is 13.3. The summed E-state index contributed by atoms with van der Waals surface area (Å²) >= 11 is 6.13. The molecule has 0 saturated heterocycles. The molecule has 1 heterocycles. The largest absolute Gasteiger partial charge is 0.337 e. The molecule has 2 aromatic carbocycles. The number of halogens is 2. The highest BCUT2D eigenvalue weighted by atomic mass is 35.5. The highest BCUT2D eigenvalue weighted by Crippen LogP contribution is 2.23. The molecule has 0 aliphatic carbocycles. The number of tetrazole rings is 1. The molecule has 1 aromatic heterocycles. The van der Waals surface area contributed by atoms with Gasteiger partial charge in [0.1, 0.15) is 12.4 Å². The van der Waals surface area contributed by atoms with E-state index in [1.807, 2.05) is 19.1 Å². The van der Waals surface area contributed by atoms with E-state index in [0.29, 0.717) is 29.5 Å². The second kappa shape index (κ2) is 8.05. The quantitative estimate of drug-likeness (QED) is 0.665. The number of amides is 1. The summed E-state index contributed by atoms with van der Waals surface area (Å²) in [6.45, 7) is 2.61. The molecule has 0 saturated carbocycles. The van der Waals surface area contributed by atoms with Crippen LogP contribution in [-0.4, -0.2) is 37.6 Å². The van der Waals surface area contributed by atoms with Gasteiger partial charge in [0.2, 0.25) is 11.7 Å². The fourth-order valence-corrected chi connectivity index (χ4v) is 2.73. The van der Waals surface area contributed by atoms with Crippen molar-refractivity contribution in [3.63, 3.8) is 0 Å². The highest BCUT2D eigenvalue weighted by Gasteiger charge is 2.16. The first-order valence-corrected chi connectivity index (χ1v) is 8.49. The van der Waals surface area contributed by atoms with E-state index < -0.39 is 0 Å². The molecule has 26 heavy (non-hydrogen) atoms. The number of nitrogens with zero attached hydrogens (tertiary/aromatic N) is 5. The molecule has 0 atom stereocenters. The van der Waals surface area contributed by atoms with Crippen LogP contribution >= 0.6 is 11.6 Å². The maximum absolute atomic E-state index is 13.3. The van der Waals surface area contributed by atoms with Crippen LogP contribution in [-0.2, 0) is 17.9 Å². The molecular formula is C18H17ClFN5O. The van der Waals surface area contributed by atoms with Gasteiger partial charge in [-0.3, -0.25) is 4.79 Å². The standard InChI is InChI=1S/C18H17ClFN5O/c1-2-24(11-13-6-5-7-14(20)10-13)17(26)12-25-22-18(21-23-25)15-8-3-4-9-16(15)19/h3-10H,2,11-12H2,1H3. The average molecular weight is 374 g/mol. The minimum Gasteiger partial charge on any atom is -0.337 e. The van der Waals surface area contributed by atoms with Gasteiger partial charge in [-0.1, -0.05) is 35.9 Å². The molecule has 0 spiro atoms. The van der Waals surface area contributed by atoms with Gasteiger partial charge < -0.3 is 4.90 Å². The number of hydrogen-bond donors (Lipinski definition) is 0. The van der Waals surface area contributed by atoms with Crippen LogP contribution in [0, 0.1) is 5.82 Å². The van der Waals surface area contributed by atoms with Crippen molar-refractivity contribution in [1.82, 2.24) is 25.1 Å². The van der Waals surface area contributed by atoms with Gasteiger partial charge in [-0.15, -0.1) is 10.2 Å². The molecule has 134 valence electrons. The number of carbonyl (C=O) groups excluding carboxylic acids is 1. The summed E-state index contributed by atoms with van der Waals surface area (Å²) in [5, 5.41) is 12.6. The second-order valence-electron chi connectivity index (χ2n) is 5.66.